The van der Waals surface area contributed by atoms with E-state index in [9.17, 15) is 4.39 Å². The summed E-state index contributed by atoms with van der Waals surface area (Å²) in [6, 6.07) is 6.84. The maximum absolute atomic E-state index is 13.2. The van der Waals surface area contributed by atoms with Crippen LogP contribution in [0, 0.1) is 5.82 Å². The Morgan fingerprint density at radius 3 is 2.90 bits per heavy atom. The van der Waals surface area contributed by atoms with Crippen molar-refractivity contribution >= 4 is 17.3 Å². The zero-order chi connectivity index (χ0) is 13.9. The van der Waals surface area contributed by atoms with Crippen molar-refractivity contribution in [2.24, 2.45) is 0 Å². The lowest BCUT2D eigenvalue weighted by molar-refractivity contribution is 0.463. The molecule has 0 aliphatic heterocycles. The Labute approximate surface area is 122 Å². The number of hydrogen-bond acceptors (Lipinski definition) is 2. The summed E-state index contributed by atoms with van der Waals surface area (Å²) in [5, 5.41) is 8.22. The molecule has 5 heteroatoms. The first-order chi connectivity index (χ1) is 9.72. The Morgan fingerprint density at radius 1 is 1.30 bits per heavy atom. The van der Waals surface area contributed by atoms with E-state index in [0.717, 1.165) is 5.69 Å². The molecule has 0 spiro atoms. The number of hydrogen-bond donors (Lipinski definition) is 1. The fourth-order valence-electron chi connectivity index (χ4n) is 2.66. The number of benzene rings is 1. The molecule has 3 rings (SSSR count). The standard InChI is InChI=1S/C15H17ClFN3/c16-14-6-5-11(17)9-15(14)18-10-12-7-8-20(19-12)13-3-1-2-4-13/h5-9,13,18H,1-4,10H2. The molecule has 20 heavy (non-hydrogen) atoms. The third-order valence-electron chi connectivity index (χ3n) is 3.75. The summed E-state index contributed by atoms with van der Waals surface area (Å²) in [6.07, 6.45) is 7.03. The Balaban J connectivity index is 1.64. The van der Waals surface area contributed by atoms with Gasteiger partial charge in [-0.25, -0.2) is 4.39 Å². The Morgan fingerprint density at radius 2 is 2.10 bits per heavy atom. The van der Waals surface area contributed by atoms with E-state index in [1.165, 1.54) is 37.8 Å². The number of rotatable bonds is 4. The zero-order valence-electron chi connectivity index (χ0n) is 11.1. The van der Waals surface area contributed by atoms with Gasteiger partial charge in [0.05, 0.1) is 29.0 Å². The normalized spacial score (nSPS) is 15.7. The second-order valence-electron chi connectivity index (χ2n) is 5.20. The fourth-order valence-corrected chi connectivity index (χ4v) is 2.85. The third-order valence-corrected chi connectivity index (χ3v) is 4.08. The topological polar surface area (TPSA) is 29.9 Å². The lowest BCUT2D eigenvalue weighted by atomic mass is 10.3. The molecule has 1 aromatic carbocycles. The highest BCUT2D eigenvalue weighted by Crippen LogP contribution is 2.29. The Bertz CT molecular complexity index is 591. The van der Waals surface area contributed by atoms with Gasteiger partial charge in [-0.05, 0) is 37.1 Å². The van der Waals surface area contributed by atoms with Gasteiger partial charge in [0.15, 0.2) is 0 Å². The van der Waals surface area contributed by atoms with Crippen LogP contribution in [0.1, 0.15) is 37.4 Å². The van der Waals surface area contributed by atoms with Crippen LogP contribution in [0.2, 0.25) is 5.02 Å². The molecule has 0 radical (unpaired) electrons. The largest absolute Gasteiger partial charge is 0.378 e. The van der Waals surface area contributed by atoms with E-state index in [0.29, 0.717) is 23.3 Å². The molecule has 2 aromatic rings. The van der Waals surface area contributed by atoms with E-state index in [4.69, 9.17) is 11.6 Å². The molecule has 1 saturated carbocycles. The lowest BCUT2D eigenvalue weighted by Crippen LogP contribution is -2.07. The van der Waals surface area contributed by atoms with Gasteiger partial charge < -0.3 is 5.32 Å². The highest BCUT2D eigenvalue weighted by atomic mass is 35.5. The van der Waals surface area contributed by atoms with Crippen LogP contribution < -0.4 is 5.32 Å². The quantitative estimate of drug-likeness (QED) is 0.905. The van der Waals surface area contributed by atoms with Crippen LogP contribution in [0.4, 0.5) is 10.1 Å². The van der Waals surface area contributed by atoms with Crippen molar-refractivity contribution < 1.29 is 4.39 Å². The summed E-state index contributed by atoms with van der Waals surface area (Å²) in [6.45, 7) is 0.545. The van der Waals surface area contributed by atoms with Crippen molar-refractivity contribution in [1.82, 2.24) is 9.78 Å². The molecular formula is C15H17ClFN3. The summed E-state index contributed by atoms with van der Waals surface area (Å²) in [5.74, 6) is -0.298. The predicted octanol–water partition coefficient (Wildman–Crippen LogP) is 4.40. The zero-order valence-corrected chi connectivity index (χ0v) is 11.9. The summed E-state index contributed by atoms with van der Waals surface area (Å²) < 4.78 is 15.2. The molecule has 1 heterocycles. The minimum Gasteiger partial charge on any atom is -0.378 e. The van der Waals surface area contributed by atoms with Gasteiger partial charge in [-0.2, -0.15) is 5.10 Å². The van der Waals surface area contributed by atoms with Crippen LogP contribution in [0.3, 0.4) is 0 Å². The fraction of sp³-hybridized carbons (Fsp3) is 0.400. The van der Waals surface area contributed by atoms with Gasteiger partial charge in [0.2, 0.25) is 0 Å². The van der Waals surface area contributed by atoms with E-state index in [2.05, 4.69) is 15.1 Å². The first-order valence-electron chi connectivity index (χ1n) is 6.95. The second-order valence-corrected chi connectivity index (χ2v) is 5.61. The van der Waals surface area contributed by atoms with Gasteiger partial charge in [-0.1, -0.05) is 24.4 Å². The van der Waals surface area contributed by atoms with Crippen LogP contribution in [0.15, 0.2) is 30.5 Å². The van der Waals surface area contributed by atoms with Crippen molar-refractivity contribution in [3.05, 3.63) is 47.0 Å². The Hall–Kier alpha value is -1.55. The lowest BCUT2D eigenvalue weighted by Gasteiger charge is -2.09. The number of halogens is 2. The van der Waals surface area contributed by atoms with Crippen molar-refractivity contribution in [3.63, 3.8) is 0 Å². The number of nitrogens with one attached hydrogen (secondary N) is 1. The van der Waals surface area contributed by atoms with E-state index in [-0.39, 0.29) is 5.82 Å². The molecule has 1 aliphatic carbocycles. The van der Waals surface area contributed by atoms with Gasteiger partial charge in [-0.3, -0.25) is 4.68 Å². The highest BCUT2D eigenvalue weighted by molar-refractivity contribution is 6.33. The minimum absolute atomic E-state index is 0.298. The molecule has 106 valence electrons. The second kappa shape index (κ2) is 5.83. The number of aromatic nitrogens is 2. The Kier molecular flexibility index (Phi) is 3.92. The molecular weight excluding hydrogens is 277 g/mol. The average molecular weight is 294 g/mol. The first-order valence-corrected chi connectivity index (χ1v) is 7.33. The van der Waals surface area contributed by atoms with Crippen LogP contribution >= 0.6 is 11.6 Å². The molecule has 3 nitrogen and oxygen atoms in total. The maximum atomic E-state index is 13.2. The summed E-state index contributed by atoms with van der Waals surface area (Å²) >= 11 is 6.02. The van der Waals surface area contributed by atoms with E-state index >= 15 is 0 Å². The predicted molar refractivity (Wildman–Crippen MR) is 78.5 cm³/mol. The van der Waals surface area contributed by atoms with Gasteiger partial charge in [0.25, 0.3) is 0 Å². The van der Waals surface area contributed by atoms with Crippen LogP contribution in [-0.4, -0.2) is 9.78 Å². The van der Waals surface area contributed by atoms with E-state index < -0.39 is 0 Å². The number of anilines is 1. The third kappa shape index (κ3) is 2.96. The summed E-state index contributed by atoms with van der Waals surface area (Å²) in [7, 11) is 0. The van der Waals surface area contributed by atoms with E-state index in [1.807, 2.05) is 12.3 Å². The molecule has 0 bridgehead atoms. The SMILES string of the molecule is Fc1ccc(Cl)c(NCc2ccn(C3CCCC3)n2)c1. The molecule has 1 fully saturated rings. The minimum atomic E-state index is -0.298. The van der Waals surface area contributed by atoms with Gasteiger partial charge in [-0.15, -0.1) is 0 Å². The molecule has 0 atom stereocenters. The van der Waals surface area contributed by atoms with E-state index in [1.54, 1.807) is 6.07 Å². The van der Waals surface area contributed by atoms with Crippen molar-refractivity contribution in [2.75, 3.05) is 5.32 Å². The van der Waals surface area contributed by atoms with Gasteiger partial charge in [0, 0.05) is 6.20 Å². The number of nitrogens with zero attached hydrogens (tertiary/aromatic N) is 2. The van der Waals surface area contributed by atoms with Crippen LogP contribution in [0.5, 0.6) is 0 Å². The smallest absolute Gasteiger partial charge is 0.125 e. The van der Waals surface area contributed by atoms with Gasteiger partial charge in [0.1, 0.15) is 5.82 Å². The first kappa shape index (κ1) is 13.4. The summed E-state index contributed by atoms with van der Waals surface area (Å²) in [4.78, 5) is 0. The summed E-state index contributed by atoms with van der Waals surface area (Å²) in [5.41, 5.74) is 1.54. The molecule has 1 N–H and O–H groups in total. The van der Waals surface area contributed by atoms with Crippen LogP contribution in [0.25, 0.3) is 0 Å². The molecule has 1 aliphatic rings. The van der Waals surface area contributed by atoms with Crippen molar-refractivity contribution in [3.8, 4) is 0 Å². The van der Waals surface area contributed by atoms with Gasteiger partial charge >= 0.3 is 0 Å². The molecule has 0 amide bonds. The molecule has 0 saturated heterocycles. The molecule has 1 aromatic heterocycles. The average Bonchev–Trinajstić information content (AvgIpc) is 3.09. The van der Waals surface area contributed by atoms with Crippen LogP contribution in [-0.2, 0) is 6.54 Å². The van der Waals surface area contributed by atoms with Crippen molar-refractivity contribution in [1.29, 1.82) is 0 Å². The van der Waals surface area contributed by atoms with Crippen molar-refractivity contribution in [2.45, 2.75) is 38.3 Å². The maximum Gasteiger partial charge on any atom is 0.125 e. The monoisotopic (exact) mass is 293 g/mol. The highest BCUT2D eigenvalue weighted by Gasteiger charge is 2.17. The molecule has 0 unspecified atom stereocenters.